The van der Waals surface area contributed by atoms with Crippen LogP contribution in [0.15, 0.2) is 33.2 Å². The summed E-state index contributed by atoms with van der Waals surface area (Å²) in [5.74, 6) is 1.60. The van der Waals surface area contributed by atoms with Gasteiger partial charge in [-0.1, -0.05) is 24.8 Å². The zero-order chi connectivity index (χ0) is 18.0. The van der Waals surface area contributed by atoms with E-state index in [0.717, 1.165) is 23.3 Å². The summed E-state index contributed by atoms with van der Waals surface area (Å²) < 4.78 is 14.8. The summed E-state index contributed by atoms with van der Waals surface area (Å²) in [6.45, 7) is 2.01. The minimum Gasteiger partial charge on any atom is -0.493 e. The monoisotopic (exact) mass is 376 g/mol. The molecule has 0 bridgehead atoms. The Kier molecular flexibility index (Phi) is 5.14. The molecule has 0 fully saturated rings. The fourth-order valence-corrected chi connectivity index (χ4v) is 3.90. The molecular formula is C16H16N4O3S2. The van der Waals surface area contributed by atoms with Crippen molar-refractivity contribution in [3.05, 3.63) is 29.3 Å². The third-order valence-electron chi connectivity index (χ3n) is 3.49. The van der Waals surface area contributed by atoms with Gasteiger partial charge in [-0.15, -0.1) is 0 Å². The number of benzene rings is 1. The van der Waals surface area contributed by atoms with Crippen LogP contribution in [-0.2, 0) is 4.79 Å². The molecule has 0 saturated carbocycles. The number of methoxy groups -OCH3 is 2. The van der Waals surface area contributed by atoms with Gasteiger partial charge in [-0.2, -0.15) is 9.39 Å². The number of fused-ring (bicyclic) bond motifs is 1. The van der Waals surface area contributed by atoms with Crippen molar-refractivity contribution in [1.29, 1.82) is 5.41 Å². The first kappa shape index (κ1) is 17.6. The molecule has 2 aliphatic rings. The molecule has 1 aromatic carbocycles. The van der Waals surface area contributed by atoms with Crippen molar-refractivity contribution >= 4 is 51.9 Å². The predicted octanol–water partition coefficient (Wildman–Crippen LogP) is 3.03. The average Bonchev–Trinajstić information content (AvgIpc) is 3.01. The van der Waals surface area contributed by atoms with Crippen LogP contribution in [0.2, 0.25) is 0 Å². The first-order valence-corrected chi connectivity index (χ1v) is 9.18. The van der Waals surface area contributed by atoms with E-state index in [4.69, 9.17) is 14.9 Å². The molecule has 0 aliphatic carbocycles. The average molecular weight is 376 g/mol. The number of amidine groups is 3. The standard InChI is InChI=1S/C16H16N4O3S2/c1-4-24-16-19-25-15-18-14(21)10(13(17)20(15)16)7-9-5-6-11(22-2)12(8-9)23-3/h5-8,17H,4H2,1-3H3/b10-7-,17-13?. The van der Waals surface area contributed by atoms with E-state index >= 15 is 0 Å². The maximum atomic E-state index is 12.3. The molecule has 1 N–H and O–H groups in total. The maximum Gasteiger partial charge on any atom is 0.283 e. The zero-order valence-corrected chi connectivity index (χ0v) is 15.5. The highest BCUT2D eigenvalue weighted by Gasteiger charge is 2.37. The van der Waals surface area contributed by atoms with Gasteiger partial charge in [0.15, 0.2) is 16.7 Å². The Morgan fingerprint density at radius 1 is 1.32 bits per heavy atom. The first-order valence-electron chi connectivity index (χ1n) is 7.42. The van der Waals surface area contributed by atoms with Crippen LogP contribution in [-0.4, -0.2) is 47.0 Å². The van der Waals surface area contributed by atoms with Gasteiger partial charge in [-0.05, 0) is 29.5 Å². The number of rotatable bonds is 4. The van der Waals surface area contributed by atoms with Crippen LogP contribution in [0.3, 0.4) is 0 Å². The Hall–Kier alpha value is -2.26. The van der Waals surface area contributed by atoms with E-state index in [0.29, 0.717) is 21.8 Å². The van der Waals surface area contributed by atoms with Crippen molar-refractivity contribution in [2.24, 2.45) is 9.39 Å². The van der Waals surface area contributed by atoms with Crippen LogP contribution < -0.4 is 9.47 Å². The van der Waals surface area contributed by atoms with E-state index in [-0.39, 0.29) is 11.4 Å². The van der Waals surface area contributed by atoms with Gasteiger partial charge in [0.05, 0.1) is 31.7 Å². The number of aliphatic imine (C=N–C) groups is 1. The number of hydrogen-bond donors (Lipinski definition) is 1. The molecule has 0 atom stereocenters. The third-order valence-corrected chi connectivity index (χ3v) is 5.12. The highest BCUT2D eigenvalue weighted by molar-refractivity contribution is 8.19. The Labute approximate surface area is 153 Å². The summed E-state index contributed by atoms with van der Waals surface area (Å²) in [6, 6.07) is 5.30. The van der Waals surface area contributed by atoms with Crippen molar-refractivity contribution in [2.45, 2.75) is 6.92 Å². The van der Waals surface area contributed by atoms with Gasteiger partial charge in [0.2, 0.25) is 5.17 Å². The molecular weight excluding hydrogens is 360 g/mol. The molecule has 2 aliphatic heterocycles. The summed E-state index contributed by atoms with van der Waals surface area (Å²) >= 11 is 2.63. The smallest absolute Gasteiger partial charge is 0.283 e. The topological polar surface area (TPSA) is 87.3 Å². The second-order valence-corrected chi connectivity index (χ2v) is 6.92. The molecule has 130 valence electrons. The molecule has 0 unspecified atom stereocenters. The lowest BCUT2D eigenvalue weighted by Crippen LogP contribution is -2.41. The van der Waals surface area contributed by atoms with Crippen molar-refractivity contribution < 1.29 is 14.3 Å². The zero-order valence-electron chi connectivity index (χ0n) is 13.9. The number of nitrogens with one attached hydrogen (secondary N) is 1. The number of carbonyl (C=O) groups excluding carboxylic acids is 1. The van der Waals surface area contributed by atoms with Gasteiger partial charge in [-0.3, -0.25) is 10.2 Å². The summed E-state index contributed by atoms with van der Waals surface area (Å²) in [6.07, 6.45) is 1.63. The molecule has 0 saturated heterocycles. The fourth-order valence-electron chi connectivity index (χ4n) is 2.33. The molecule has 0 radical (unpaired) electrons. The van der Waals surface area contributed by atoms with E-state index in [1.165, 1.54) is 11.8 Å². The molecule has 2 heterocycles. The molecule has 1 aromatic rings. The van der Waals surface area contributed by atoms with E-state index in [9.17, 15) is 4.79 Å². The largest absolute Gasteiger partial charge is 0.493 e. The van der Waals surface area contributed by atoms with Crippen LogP contribution in [0.25, 0.3) is 6.08 Å². The number of ether oxygens (including phenoxy) is 2. The highest BCUT2D eigenvalue weighted by atomic mass is 32.2. The third kappa shape index (κ3) is 3.29. The quantitative estimate of drug-likeness (QED) is 0.642. The number of nitrogens with zero attached hydrogens (tertiary/aromatic N) is 3. The fraction of sp³-hybridized carbons (Fsp3) is 0.250. The highest BCUT2D eigenvalue weighted by Crippen LogP contribution is 2.33. The molecule has 9 heteroatoms. The van der Waals surface area contributed by atoms with E-state index in [2.05, 4.69) is 9.39 Å². The van der Waals surface area contributed by atoms with E-state index in [1.54, 1.807) is 43.4 Å². The van der Waals surface area contributed by atoms with Crippen molar-refractivity contribution in [3.63, 3.8) is 0 Å². The van der Waals surface area contributed by atoms with Crippen LogP contribution >= 0.6 is 23.7 Å². The SMILES string of the molecule is CCSC1=NSC2=NC(=O)/C(=C\c3ccc(OC)c(OC)c3)C(=N)N12. The second-order valence-electron chi connectivity index (χ2n) is 4.95. The Bertz CT molecular complexity index is 833. The lowest BCUT2D eigenvalue weighted by molar-refractivity contribution is -0.114. The number of hydrogen-bond acceptors (Lipinski definition) is 7. The molecule has 0 aromatic heterocycles. The first-order chi connectivity index (χ1) is 12.1. The van der Waals surface area contributed by atoms with E-state index < -0.39 is 5.91 Å². The molecule has 0 spiro atoms. The van der Waals surface area contributed by atoms with Gasteiger partial charge in [0, 0.05) is 0 Å². The van der Waals surface area contributed by atoms with Crippen molar-refractivity contribution in [1.82, 2.24) is 4.90 Å². The van der Waals surface area contributed by atoms with Crippen LogP contribution in [0.5, 0.6) is 11.5 Å². The lowest BCUT2D eigenvalue weighted by Gasteiger charge is -2.24. The van der Waals surface area contributed by atoms with Gasteiger partial charge in [-0.25, -0.2) is 4.90 Å². The summed E-state index contributed by atoms with van der Waals surface area (Å²) in [4.78, 5) is 18.0. The Balaban J connectivity index is 1.97. The summed E-state index contributed by atoms with van der Waals surface area (Å²) in [5.41, 5.74) is 0.931. The lowest BCUT2D eigenvalue weighted by atomic mass is 10.1. The van der Waals surface area contributed by atoms with Gasteiger partial charge >= 0.3 is 0 Å². The van der Waals surface area contributed by atoms with Crippen LogP contribution in [0.4, 0.5) is 0 Å². The van der Waals surface area contributed by atoms with E-state index in [1.807, 2.05) is 6.92 Å². The second kappa shape index (κ2) is 7.32. The molecule has 3 rings (SSSR count). The predicted molar refractivity (Wildman–Crippen MR) is 103 cm³/mol. The normalized spacial score (nSPS) is 18.2. The van der Waals surface area contributed by atoms with Crippen molar-refractivity contribution in [3.8, 4) is 11.5 Å². The number of amides is 1. The molecule has 1 amide bonds. The Morgan fingerprint density at radius 3 is 2.76 bits per heavy atom. The number of thioether (sulfide) groups is 1. The summed E-state index contributed by atoms with van der Waals surface area (Å²) in [7, 11) is 3.11. The maximum absolute atomic E-state index is 12.3. The van der Waals surface area contributed by atoms with Crippen LogP contribution in [0.1, 0.15) is 12.5 Å². The van der Waals surface area contributed by atoms with Crippen molar-refractivity contribution in [2.75, 3.05) is 20.0 Å². The summed E-state index contributed by atoms with van der Waals surface area (Å²) in [5, 5.41) is 9.53. The minimum atomic E-state index is -0.448. The van der Waals surface area contributed by atoms with Crippen LogP contribution in [0, 0.1) is 5.41 Å². The van der Waals surface area contributed by atoms with Gasteiger partial charge in [0.1, 0.15) is 5.84 Å². The Morgan fingerprint density at radius 2 is 2.08 bits per heavy atom. The minimum absolute atomic E-state index is 0.0782. The molecule has 7 nitrogen and oxygen atoms in total. The van der Waals surface area contributed by atoms with Gasteiger partial charge < -0.3 is 9.47 Å². The number of carbonyl (C=O) groups is 1. The van der Waals surface area contributed by atoms with Gasteiger partial charge in [0.25, 0.3) is 5.91 Å². The molecule has 25 heavy (non-hydrogen) atoms.